The van der Waals surface area contributed by atoms with E-state index in [1.54, 1.807) is 7.11 Å². The maximum absolute atomic E-state index is 5.45. The summed E-state index contributed by atoms with van der Waals surface area (Å²) < 4.78 is 5.45. The molecule has 0 aromatic rings. The Kier molecular flexibility index (Phi) is 4.15. The Morgan fingerprint density at radius 2 is 2.07 bits per heavy atom. The SMILES string of the molecule is COC(C)(C)CCN1CCNCC1(C)C. The van der Waals surface area contributed by atoms with Crippen LogP contribution < -0.4 is 5.32 Å². The first-order chi connectivity index (χ1) is 6.87. The van der Waals surface area contributed by atoms with E-state index >= 15 is 0 Å². The molecule has 0 aromatic carbocycles. The molecule has 0 radical (unpaired) electrons. The van der Waals surface area contributed by atoms with Gasteiger partial charge in [0.1, 0.15) is 0 Å². The number of nitrogens with zero attached hydrogens (tertiary/aromatic N) is 1. The third-order valence-electron chi connectivity index (χ3n) is 3.51. The summed E-state index contributed by atoms with van der Waals surface area (Å²) in [6.07, 6.45) is 1.09. The lowest BCUT2D eigenvalue weighted by Crippen LogP contribution is -2.58. The molecule has 0 bridgehead atoms. The zero-order valence-electron chi connectivity index (χ0n) is 10.9. The average molecular weight is 214 g/mol. The van der Waals surface area contributed by atoms with Crippen LogP contribution in [0.4, 0.5) is 0 Å². The van der Waals surface area contributed by atoms with E-state index in [1.165, 1.54) is 0 Å². The molecular formula is C12H26N2O. The van der Waals surface area contributed by atoms with Crippen molar-refractivity contribution in [3.63, 3.8) is 0 Å². The van der Waals surface area contributed by atoms with Gasteiger partial charge >= 0.3 is 0 Å². The van der Waals surface area contributed by atoms with Crippen LogP contribution in [0, 0.1) is 0 Å². The average Bonchev–Trinajstić information content (AvgIpc) is 2.16. The minimum absolute atomic E-state index is 0.000948. The first kappa shape index (κ1) is 12.9. The van der Waals surface area contributed by atoms with E-state index in [0.29, 0.717) is 0 Å². The lowest BCUT2D eigenvalue weighted by molar-refractivity contribution is -0.00639. The fraction of sp³-hybridized carbons (Fsp3) is 1.00. The molecule has 1 saturated heterocycles. The Bertz CT molecular complexity index is 202. The fourth-order valence-electron chi connectivity index (χ4n) is 1.94. The summed E-state index contributed by atoms with van der Waals surface area (Å²) in [5, 5.41) is 3.44. The fourth-order valence-corrected chi connectivity index (χ4v) is 1.94. The molecule has 1 N–H and O–H groups in total. The molecule has 0 aliphatic carbocycles. The molecule has 0 saturated carbocycles. The van der Waals surface area contributed by atoms with Gasteiger partial charge in [0.15, 0.2) is 0 Å². The van der Waals surface area contributed by atoms with Gasteiger partial charge < -0.3 is 10.1 Å². The monoisotopic (exact) mass is 214 g/mol. The van der Waals surface area contributed by atoms with Crippen LogP contribution in [-0.2, 0) is 4.74 Å². The standard InChI is InChI=1S/C12H26N2O/c1-11(2)10-13-7-9-14(11)8-6-12(3,4)15-5/h13H,6-10H2,1-5H3. The molecule has 90 valence electrons. The van der Waals surface area contributed by atoms with Gasteiger partial charge in [0.2, 0.25) is 0 Å². The highest BCUT2D eigenvalue weighted by Gasteiger charge is 2.30. The number of ether oxygens (including phenoxy) is 1. The van der Waals surface area contributed by atoms with E-state index in [4.69, 9.17) is 4.74 Å². The predicted molar refractivity (Wildman–Crippen MR) is 64.2 cm³/mol. The number of hydrogen-bond donors (Lipinski definition) is 1. The molecule has 0 spiro atoms. The molecule has 0 amide bonds. The highest BCUT2D eigenvalue weighted by Crippen LogP contribution is 2.20. The van der Waals surface area contributed by atoms with E-state index < -0.39 is 0 Å². The number of hydrogen-bond acceptors (Lipinski definition) is 3. The van der Waals surface area contributed by atoms with E-state index in [1.807, 2.05) is 0 Å². The zero-order valence-corrected chi connectivity index (χ0v) is 10.9. The quantitative estimate of drug-likeness (QED) is 0.767. The smallest absolute Gasteiger partial charge is 0.0634 e. The molecule has 0 unspecified atom stereocenters. The highest BCUT2D eigenvalue weighted by atomic mass is 16.5. The van der Waals surface area contributed by atoms with Crippen molar-refractivity contribution in [2.75, 3.05) is 33.3 Å². The van der Waals surface area contributed by atoms with Gasteiger partial charge in [-0.1, -0.05) is 0 Å². The third kappa shape index (κ3) is 3.74. The Labute approximate surface area is 94.2 Å². The van der Waals surface area contributed by atoms with Crippen molar-refractivity contribution in [2.45, 2.75) is 45.3 Å². The Balaban J connectivity index is 2.43. The molecule has 1 aliphatic rings. The van der Waals surface area contributed by atoms with E-state index in [2.05, 4.69) is 37.9 Å². The molecule has 15 heavy (non-hydrogen) atoms. The maximum atomic E-state index is 5.45. The number of nitrogens with one attached hydrogen (secondary N) is 1. The van der Waals surface area contributed by atoms with Gasteiger partial charge in [0, 0.05) is 38.8 Å². The Hall–Kier alpha value is -0.120. The van der Waals surface area contributed by atoms with E-state index in [-0.39, 0.29) is 11.1 Å². The van der Waals surface area contributed by atoms with Crippen LogP contribution in [0.15, 0.2) is 0 Å². The van der Waals surface area contributed by atoms with Crippen molar-refractivity contribution in [3.8, 4) is 0 Å². The minimum Gasteiger partial charge on any atom is -0.379 e. The summed E-state index contributed by atoms with van der Waals surface area (Å²) in [4.78, 5) is 2.56. The molecule has 1 heterocycles. The van der Waals surface area contributed by atoms with Crippen molar-refractivity contribution >= 4 is 0 Å². The number of rotatable bonds is 4. The first-order valence-corrected chi connectivity index (χ1v) is 5.88. The summed E-state index contributed by atoms with van der Waals surface area (Å²) in [6, 6.07) is 0. The molecule has 1 fully saturated rings. The van der Waals surface area contributed by atoms with Crippen LogP contribution >= 0.6 is 0 Å². The minimum atomic E-state index is 0.000948. The zero-order chi connectivity index (χ0) is 11.5. The summed E-state index contributed by atoms with van der Waals surface area (Å²) in [5.41, 5.74) is 0.281. The lowest BCUT2D eigenvalue weighted by Gasteiger charge is -2.44. The van der Waals surface area contributed by atoms with Gasteiger partial charge in [-0.2, -0.15) is 0 Å². The maximum Gasteiger partial charge on any atom is 0.0634 e. The molecule has 3 heteroatoms. The van der Waals surface area contributed by atoms with Gasteiger partial charge in [-0.15, -0.1) is 0 Å². The van der Waals surface area contributed by atoms with Crippen LogP contribution in [0.5, 0.6) is 0 Å². The van der Waals surface area contributed by atoms with E-state index in [9.17, 15) is 0 Å². The highest BCUT2D eigenvalue weighted by molar-refractivity contribution is 4.89. The van der Waals surface area contributed by atoms with Crippen LogP contribution in [-0.4, -0.2) is 49.3 Å². The third-order valence-corrected chi connectivity index (χ3v) is 3.51. The summed E-state index contributed by atoms with van der Waals surface area (Å²) in [5.74, 6) is 0. The molecule has 3 nitrogen and oxygen atoms in total. The first-order valence-electron chi connectivity index (χ1n) is 5.88. The largest absolute Gasteiger partial charge is 0.379 e. The summed E-state index contributed by atoms with van der Waals surface area (Å²) in [6.45, 7) is 13.4. The van der Waals surface area contributed by atoms with Crippen molar-refractivity contribution in [2.24, 2.45) is 0 Å². The number of piperazine rings is 1. The van der Waals surface area contributed by atoms with Gasteiger partial charge in [-0.3, -0.25) is 4.90 Å². The van der Waals surface area contributed by atoms with Crippen molar-refractivity contribution in [1.82, 2.24) is 10.2 Å². The van der Waals surface area contributed by atoms with Gasteiger partial charge in [0.25, 0.3) is 0 Å². The van der Waals surface area contributed by atoms with Crippen LogP contribution in [0.3, 0.4) is 0 Å². The second-order valence-corrected chi connectivity index (χ2v) is 5.69. The van der Waals surface area contributed by atoms with Crippen molar-refractivity contribution in [3.05, 3.63) is 0 Å². The summed E-state index contributed by atoms with van der Waals surface area (Å²) in [7, 11) is 1.79. The van der Waals surface area contributed by atoms with Crippen LogP contribution in [0.1, 0.15) is 34.1 Å². The van der Waals surface area contributed by atoms with Gasteiger partial charge in [-0.25, -0.2) is 0 Å². The molecule has 1 aliphatic heterocycles. The normalized spacial score (nSPS) is 23.0. The van der Waals surface area contributed by atoms with E-state index in [0.717, 1.165) is 32.6 Å². The lowest BCUT2D eigenvalue weighted by atomic mass is 9.97. The predicted octanol–water partition coefficient (Wildman–Crippen LogP) is 1.49. The van der Waals surface area contributed by atoms with Crippen molar-refractivity contribution < 1.29 is 4.74 Å². The summed E-state index contributed by atoms with van der Waals surface area (Å²) >= 11 is 0. The molecule has 1 rings (SSSR count). The molecular weight excluding hydrogens is 188 g/mol. The second-order valence-electron chi connectivity index (χ2n) is 5.69. The number of methoxy groups -OCH3 is 1. The van der Waals surface area contributed by atoms with Crippen molar-refractivity contribution in [1.29, 1.82) is 0 Å². The Morgan fingerprint density at radius 1 is 1.40 bits per heavy atom. The van der Waals surface area contributed by atoms with Gasteiger partial charge in [-0.05, 0) is 34.1 Å². The molecule has 0 atom stereocenters. The topological polar surface area (TPSA) is 24.5 Å². The Morgan fingerprint density at radius 3 is 2.60 bits per heavy atom. The van der Waals surface area contributed by atoms with Crippen LogP contribution in [0.2, 0.25) is 0 Å². The molecule has 0 aromatic heterocycles. The van der Waals surface area contributed by atoms with Crippen LogP contribution in [0.25, 0.3) is 0 Å². The second kappa shape index (κ2) is 4.81. The van der Waals surface area contributed by atoms with Gasteiger partial charge in [0.05, 0.1) is 5.60 Å².